The summed E-state index contributed by atoms with van der Waals surface area (Å²) in [6.07, 6.45) is 2.42. The molecule has 0 heterocycles. The molecule has 104 valence electrons. The van der Waals surface area contributed by atoms with Crippen molar-refractivity contribution in [1.82, 2.24) is 0 Å². The largest absolute Gasteiger partial charge is 0.321 e. The molecule has 0 aromatic heterocycles. The summed E-state index contributed by atoms with van der Waals surface area (Å²) < 4.78 is 14.4. The van der Waals surface area contributed by atoms with Gasteiger partial charge in [-0.15, -0.1) is 0 Å². The Morgan fingerprint density at radius 1 is 1.10 bits per heavy atom. The summed E-state index contributed by atoms with van der Waals surface area (Å²) in [7, 11) is 0. The molecule has 2 aromatic rings. The lowest BCUT2D eigenvalue weighted by atomic mass is 9.73. The third kappa shape index (κ3) is 2.14. The van der Waals surface area contributed by atoms with Crippen molar-refractivity contribution in [2.24, 2.45) is 5.73 Å². The van der Waals surface area contributed by atoms with Gasteiger partial charge in [0.15, 0.2) is 0 Å². The number of benzene rings is 2. The van der Waals surface area contributed by atoms with E-state index in [9.17, 15) is 4.39 Å². The number of hydrogen-bond acceptors (Lipinski definition) is 1. The molecule has 1 aliphatic rings. The molecule has 2 N–H and O–H groups in total. The predicted octanol–water partition coefficient (Wildman–Crippen LogP) is 3.79. The number of hydrogen-bond donors (Lipinski definition) is 1. The van der Waals surface area contributed by atoms with Crippen LogP contribution in [0.3, 0.4) is 0 Å². The highest BCUT2D eigenvalue weighted by Crippen LogP contribution is 2.37. The van der Waals surface area contributed by atoms with E-state index in [-0.39, 0.29) is 5.82 Å². The topological polar surface area (TPSA) is 26.0 Å². The van der Waals surface area contributed by atoms with E-state index >= 15 is 0 Å². The highest BCUT2D eigenvalue weighted by Gasteiger charge is 2.35. The Morgan fingerprint density at radius 2 is 1.80 bits per heavy atom. The smallest absolute Gasteiger partial charge is 0.128 e. The summed E-state index contributed by atoms with van der Waals surface area (Å²) in [5.74, 6) is -0.163. The van der Waals surface area contributed by atoms with Crippen LogP contribution in [-0.4, -0.2) is 0 Å². The highest BCUT2D eigenvalue weighted by atomic mass is 19.1. The summed E-state index contributed by atoms with van der Waals surface area (Å²) in [4.78, 5) is 0. The van der Waals surface area contributed by atoms with Crippen molar-refractivity contribution < 1.29 is 4.39 Å². The van der Waals surface area contributed by atoms with Crippen LogP contribution in [-0.2, 0) is 18.4 Å². The predicted molar refractivity (Wildman–Crippen MR) is 80.2 cm³/mol. The van der Waals surface area contributed by atoms with E-state index in [0.29, 0.717) is 12.0 Å². The molecule has 0 fully saturated rings. The van der Waals surface area contributed by atoms with Crippen LogP contribution in [0.1, 0.15) is 34.2 Å². The maximum absolute atomic E-state index is 14.4. The van der Waals surface area contributed by atoms with Gasteiger partial charge >= 0.3 is 0 Å². The van der Waals surface area contributed by atoms with Crippen LogP contribution in [0.4, 0.5) is 4.39 Å². The zero-order valence-electron chi connectivity index (χ0n) is 12.0. The van der Waals surface area contributed by atoms with Gasteiger partial charge in [-0.3, -0.25) is 0 Å². The van der Waals surface area contributed by atoms with Gasteiger partial charge in [0.05, 0.1) is 0 Å². The molecule has 0 saturated carbocycles. The molecule has 0 saturated heterocycles. The lowest BCUT2D eigenvalue weighted by molar-refractivity contribution is 0.366. The Labute approximate surface area is 119 Å². The van der Waals surface area contributed by atoms with Crippen LogP contribution in [0.15, 0.2) is 36.4 Å². The first kappa shape index (κ1) is 13.3. The van der Waals surface area contributed by atoms with Gasteiger partial charge in [0.25, 0.3) is 0 Å². The second-order valence-electron chi connectivity index (χ2n) is 6.04. The third-order valence-corrected chi connectivity index (χ3v) is 4.39. The summed E-state index contributed by atoms with van der Waals surface area (Å²) in [5.41, 5.74) is 11.2. The third-order valence-electron chi connectivity index (χ3n) is 4.39. The van der Waals surface area contributed by atoms with E-state index in [2.05, 4.69) is 18.2 Å². The van der Waals surface area contributed by atoms with E-state index in [0.717, 1.165) is 24.0 Å². The monoisotopic (exact) mass is 269 g/mol. The zero-order chi connectivity index (χ0) is 14.3. The fourth-order valence-corrected chi connectivity index (χ4v) is 3.52. The van der Waals surface area contributed by atoms with Crippen molar-refractivity contribution in [3.63, 3.8) is 0 Å². The number of rotatable bonds is 1. The number of fused-ring (bicyclic) bond motifs is 1. The van der Waals surface area contributed by atoms with Crippen molar-refractivity contribution in [3.8, 4) is 0 Å². The van der Waals surface area contributed by atoms with Gasteiger partial charge in [0.2, 0.25) is 0 Å². The molecule has 0 radical (unpaired) electrons. The first-order valence-corrected chi connectivity index (χ1v) is 7.12. The summed E-state index contributed by atoms with van der Waals surface area (Å²) in [5, 5.41) is 0. The van der Waals surface area contributed by atoms with E-state index in [4.69, 9.17) is 5.73 Å². The zero-order valence-corrected chi connectivity index (χ0v) is 12.0. The molecule has 0 amide bonds. The van der Waals surface area contributed by atoms with Crippen molar-refractivity contribution >= 4 is 0 Å². The Hall–Kier alpha value is -1.67. The molecule has 0 bridgehead atoms. The van der Waals surface area contributed by atoms with Crippen LogP contribution in [0.5, 0.6) is 0 Å². The van der Waals surface area contributed by atoms with Crippen LogP contribution < -0.4 is 5.73 Å². The Kier molecular flexibility index (Phi) is 3.14. The van der Waals surface area contributed by atoms with Gasteiger partial charge in [0, 0.05) is 11.1 Å². The fraction of sp³-hybridized carbons (Fsp3) is 0.333. The minimum atomic E-state index is -0.587. The SMILES string of the molecule is Cc1cc(C)c(C2(N)CCc3ccccc3C2)c(F)c1. The standard InChI is InChI=1S/C18H20FN/c1-12-9-13(2)17(16(19)10-12)18(20)8-7-14-5-3-4-6-15(14)11-18/h3-6,9-10H,7-8,11,20H2,1-2H3. The molecule has 1 aliphatic carbocycles. The van der Waals surface area contributed by atoms with Crippen LogP contribution >= 0.6 is 0 Å². The van der Waals surface area contributed by atoms with E-state index < -0.39 is 5.54 Å². The van der Waals surface area contributed by atoms with Crippen LogP contribution in [0.2, 0.25) is 0 Å². The molecule has 20 heavy (non-hydrogen) atoms. The molecule has 1 nitrogen and oxygen atoms in total. The molecule has 3 rings (SSSR count). The second kappa shape index (κ2) is 4.71. The molecule has 0 aliphatic heterocycles. The molecule has 1 atom stereocenters. The summed E-state index contributed by atoms with van der Waals surface area (Å²) >= 11 is 0. The summed E-state index contributed by atoms with van der Waals surface area (Å²) in [6, 6.07) is 12.0. The molecular formula is C18H20FN. The van der Waals surface area contributed by atoms with E-state index in [1.54, 1.807) is 6.07 Å². The van der Waals surface area contributed by atoms with E-state index in [1.807, 2.05) is 26.0 Å². The van der Waals surface area contributed by atoms with Gasteiger partial charge in [0.1, 0.15) is 5.82 Å². The summed E-state index contributed by atoms with van der Waals surface area (Å²) in [6.45, 7) is 3.87. The number of halogens is 1. The maximum atomic E-state index is 14.4. The van der Waals surface area contributed by atoms with Crippen molar-refractivity contribution in [2.45, 2.75) is 38.6 Å². The number of nitrogens with two attached hydrogens (primary N) is 1. The van der Waals surface area contributed by atoms with Gasteiger partial charge in [-0.05, 0) is 61.4 Å². The fourth-order valence-electron chi connectivity index (χ4n) is 3.52. The quantitative estimate of drug-likeness (QED) is 0.837. The van der Waals surface area contributed by atoms with Crippen molar-refractivity contribution in [1.29, 1.82) is 0 Å². The first-order chi connectivity index (χ1) is 9.49. The van der Waals surface area contributed by atoms with E-state index in [1.165, 1.54) is 11.1 Å². The Bertz CT molecular complexity index is 639. The molecular weight excluding hydrogens is 249 g/mol. The highest BCUT2D eigenvalue weighted by molar-refractivity contribution is 5.42. The normalized spacial score (nSPS) is 21.6. The average Bonchev–Trinajstić information content (AvgIpc) is 2.37. The van der Waals surface area contributed by atoms with Crippen molar-refractivity contribution in [2.75, 3.05) is 0 Å². The minimum absolute atomic E-state index is 0.163. The van der Waals surface area contributed by atoms with Gasteiger partial charge in [-0.25, -0.2) is 4.39 Å². The van der Waals surface area contributed by atoms with Gasteiger partial charge in [-0.2, -0.15) is 0 Å². The van der Waals surface area contributed by atoms with Crippen molar-refractivity contribution in [3.05, 3.63) is 70.0 Å². The van der Waals surface area contributed by atoms with Crippen LogP contribution in [0.25, 0.3) is 0 Å². The van der Waals surface area contributed by atoms with Gasteiger partial charge < -0.3 is 5.73 Å². The average molecular weight is 269 g/mol. The van der Waals surface area contributed by atoms with Gasteiger partial charge in [-0.1, -0.05) is 30.3 Å². The molecule has 2 aromatic carbocycles. The lowest BCUT2D eigenvalue weighted by Crippen LogP contribution is -2.43. The molecule has 0 spiro atoms. The number of aryl methyl sites for hydroxylation is 3. The lowest BCUT2D eigenvalue weighted by Gasteiger charge is -2.36. The maximum Gasteiger partial charge on any atom is 0.128 e. The molecule has 1 unspecified atom stereocenters. The molecule has 2 heteroatoms. The Morgan fingerprint density at radius 3 is 2.50 bits per heavy atom. The minimum Gasteiger partial charge on any atom is -0.321 e. The first-order valence-electron chi connectivity index (χ1n) is 7.12. The Balaban J connectivity index is 2.07. The van der Waals surface area contributed by atoms with Crippen LogP contribution in [0, 0.1) is 19.7 Å². The second-order valence-corrected chi connectivity index (χ2v) is 6.04.